The van der Waals surface area contributed by atoms with Crippen LogP contribution in [0.15, 0.2) is 18.2 Å². The Morgan fingerprint density at radius 3 is 2.74 bits per heavy atom. The van der Waals surface area contributed by atoms with E-state index in [1.54, 1.807) is 18.2 Å². The van der Waals surface area contributed by atoms with Gasteiger partial charge < -0.3 is 14.8 Å². The van der Waals surface area contributed by atoms with Gasteiger partial charge in [0.25, 0.3) is 0 Å². The summed E-state index contributed by atoms with van der Waals surface area (Å²) >= 11 is 0. The lowest BCUT2D eigenvalue weighted by Crippen LogP contribution is -2.40. The molecule has 9 heteroatoms. The molecule has 2 heterocycles. The summed E-state index contributed by atoms with van der Waals surface area (Å²) in [6, 6.07) is 4.79. The summed E-state index contributed by atoms with van der Waals surface area (Å²) in [5.41, 5.74) is 6.48. The number of rotatable bonds is 3. The zero-order valence-electron chi connectivity index (χ0n) is 12.1. The van der Waals surface area contributed by atoms with Crippen molar-refractivity contribution in [3.8, 4) is 11.5 Å². The molecule has 2 unspecified atom stereocenters. The minimum absolute atomic E-state index is 0.239. The second-order valence-electron chi connectivity index (χ2n) is 5.35. The van der Waals surface area contributed by atoms with Crippen LogP contribution in [0.3, 0.4) is 0 Å². The molecule has 1 saturated heterocycles. The molecule has 0 spiro atoms. The van der Waals surface area contributed by atoms with Crippen molar-refractivity contribution < 1.29 is 27.4 Å². The molecule has 0 aromatic heterocycles. The molecule has 1 fully saturated rings. The molecule has 1 aromatic rings. The monoisotopic (exact) mass is 331 g/mol. The lowest BCUT2D eigenvalue weighted by atomic mass is 9.94. The predicted octanol–water partition coefficient (Wildman–Crippen LogP) is 0.901. The zero-order chi connectivity index (χ0) is 16.4. The minimum atomic E-state index is -4.43. The molecule has 2 atom stereocenters. The number of halogens is 3. The fourth-order valence-corrected chi connectivity index (χ4v) is 2.63. The fourth-order valence-electron chi connectivity index (χ4n) is 2.63. The highest BCUT2D eigenvalue weighted by atomic mass is 19.4. The van der Waals surface area contributed by atoms with E-state index < -0.39 is 30.6 Å². The Hall–Kier alpha value is -2.00. The van der Waals surface area contributed by atoms with E-state index in [2.05, 4.69) is 10.9 Å². The highest BCUT2D eigenvalue weighted by Crippen LogP contribution is 2.35. The van der Waals surface area contributed by atoms with E-state index in [0.717, 1.165) is 5.56 Å². The average molecular weight is 331 g/mol. The number of hydrogen-bond acceptors (Lipinski definition) is 5. The molecule has 6 nitrogen and oxygen atoms in total. The van der Waals surface area contributed by atoms with Crippen LogP contribution in [0.2, 0.25) is 0 Å². The molecule has 126 valence electrons. The summed E-state index contributed by atoms with van der Waals surface area (Å²) in [6.07, 6.45) is -4.43. The maximum Gasteiger partial charge on any atom is 0.405 e. The molecule has 1 amide bonds. The van der Waals surface area contributed by atoms with Crippen LogP contribution < -0.4 is 25.6 Å². The standard InChI is InChI=1S/C14H16F3N3O3/c15-14(16,17)7-18-13(21)9-6-19-20-12(9)8-1-2-10-11(5-8)23-4-3-22-10/h1-2,5,9,12,19-20H,3-4,6-7H2,(H,18,21). The number of benzene rings is 1. The van der Waals surface area contributed by atoms with Crippen LogP contribution in [0.4, 0.5) is 13.2 Å². The Kier molecular flexibility index (Phi) is 4.31. The third-order valence-corrected chi connectivity index (χ3v) is 3.71. The number of ether oxygens (including phenoxy) is 2. The predicted molar refractivity (Wildman–Crippen MR) is 73.9 cm³/mol. The fraction of sp³-hybridized carbons (Fsp3) is 0.500. The molecule has 1 aromatic carbocycles. The topological polar surface area (TPSA) is 71.6 Å². The van der Waals surface area contributed by atoms with Gasteiger partial charge in [0.1, 0.15) is 19.8 Å². The van der Waals surface area contributed by atoms with Gasteiger partial charge in [-0.05, 0) is 17.7 Å². The first-order chi connectivity index (χ1) is 10.9. The number of hydrogen-bond donors (Lipinski definition) is 3. The maximum atomic E-state index is 12.2. The first-order valence-electron chi connectivity index (χ1n) is 7.16. The minimum Gasteiger partial charge on any atom is -0.486 e. The zero-order valence-corrected chi connectivity index (χ0v) is 12.1. The number of amides is 1. The highest BCUT2D eigenvalue weighted by Gasteiger charge is 2.36. The summed E-state index contributed by atoms with van der Waals surface area (Å²) in [6.45, 7) is -0.195. The summed E-state index contributed by atoms with van der Waals surface area (Å²) in [7, 11) is 0. The molecule has 2 aliphatic heterocycles. The molecule has 3 rings (SSSR count). The van der Waals surface area contributed by atoms with Gasteiger partial charge in [0.15, 0.2) is 11.5 Å². The largest absolute Gasteiger partial charge is 0.486 e. The molecule has 0 aliphatic carbocycles. The van der Waals surface area contributed by atoms with Gasteiger partial charge in [-0.15, -0.1) is 0 Å². The van der Waals surface area contributed by atoms with Crippen molar-refractivity contribution in [1.29, 1.82) is 0 Å². The van der Waals surface area contributed by atoms with Gasteiger partial charge in [0, 0.05) is 6.54 Å². The normalized spacial score (nSPS) is 23.6. The van der Waals surface area contributed by atoms with E-state index in [-0.39, 0.29) is 6.54 Å². The van der Waals surface area contributed by atoms with Crippen LogP contribution in [0.5, 0.6) is 11.5 Å². The number of fused-ring (bicyclic) bond motifs is 1. The first kappa shape index (κ1) is 15.9. The molecule has 3 N–H and O–H groups in total. The van der Waals surface area contributed by atoms with Crippen molar-refractivity contribution in [3.05, 3.63) is 23.8 Å². The molecule has 0 radical (unpaired) electrons. The summed E-state index contributed by atoms with van der Waals surface area (Å²) < 4.78 is 47.6. The molecule has 0 bridgehead atoms. The van der Waals surface area contributed by atoms with Crippen LogP contribution >= 0.6 is 0 Å². The first-order valence-corrected chi connectivity index (χ1v) is 7.16. The van der Waals surface area contributed by atoms with Crippen LogP contribution in [-0.4, -0.2) is 38.4 Å². The van der Waals surface area contributed by atoms with Gasteiger partial charge in [-0.1, -0.05) is 6.07 Å². The Balaban J connectivity index is 1.72. The molecule has 0 saturated carbocycles. The van der Waals surface area contributed by atoms with Crippen molar-refractivity contribution in [1.82, 2.24) is 16.2 Å². The number of nitrogens with one attached hydrogen (secondary N) is 3. The van der Waals surface area contributed by atoms with Crippen molar-refractivity contribution >= 4 is 5.91 Å². The van der Waals surface area contributed by atoms with Gasteiger partial charge in [-0.2, -0.15) is 13.2 Å². The highest BCUT2D eigenvalue weighted by molar-refractivity contribution is 5.80. The van der Waals surface area contributed by atoms with Crippen molar-refractivity contribution in [2.75, 3.05) is 26.3 Å². The second kappa shape index (κ2) is 6.25. The van der Waals surface area contributed by atoms with Crippen LogP contribution in [0.1, 0.15) is 11.6 Å². The van der Waals surface area contributed by atoms with E-state index in [0.29, 0.717) is 24.7 Å². The summed E-state index contributed by atoms with van der Waals surface area (Å²) in [5, 5.41) is 1.93. The van der Waals surface area contributed by atoms with E-state index in [4.69, 9.17) is 9.47 Å². The number of carbonyl (C=O) groups excluding carboxylic acids is 1. The van der Waals surface area contributed by atoms with Crippen LogP contribution in [0, 0.1) is 5.92 Å². The number of alkyl halides is 3. The number of carbonyl (C=O) groups is 1. The van der Waals surface area contributed by atoms with Gasteiger partial charge in [0.05, 0.1) is 12.0 Å². The van der Waals surface area contributed by atoms with Gasteiger partial charge in [-0.25, -0.2) is 5.43 Å². The van der Waals surface area contributed by atoms with Crippen LogP contribution in [-0.2, 0) is 4.79 Å². The maximum absolute atomic E-state index is 12.2. The van der Waals surface area contributed by atoms with Crippen LogP contribution in [0.25, 0.3) is 0 Å². The Morgan fingerprint density at radius 1 is 1.26 bits per heavy atom. The van der Waals surface area contributed by atoms with Crippen molar-refractivity contribution in [3.63, 3.8) is 0 Å². The smallest absolute Gasteiger partial charge is 0.405 e. The Morgan fingerprint density at radius 2 is 2.00 bits per heavy atom. The van der Waals surface area contributed by atoms with E-state index in [1.165, 1.54) is 0 Å². The van der Waals surface area contributed by atoms with Gasteiger partial charge in [-0.3, -0.25) is 10.2 Å². The van der Waals surface area contributed by atoms with E-state index >= 15 is 0 Å². The van der Waals surface area contributed by atoms with Gasteiger partial charge in [0.2, 0.25) is 5.91 Å². The average Bonchev–Trinajstić information content (AvgIpc) is 3.01. The SMILES string of the molecule is O=C(NCC(F)(F)F)C1CNNC1c1ccc2c(c1)OCCO2. The van der Waals surface area contributed by atoms with Crippen molar-refractivity contribution in [2.24, 2.45) is 5.92 Å². The third-order valence-electron chi connectivity index (χ3n) is 3.71. The molecular weight excluding hydrogens is 315 g/mol. The van der Waals surface area contributed by atoms with E-state index in [9.17, 15) is 18.0 Å². The Bertz CT molecular complexity index is 594. The van der Waals surface area contributed by atoms with Crippen molar-refractivity contribution in [2.45, 2.75) is 12.2 Å². The quantitative estimate of drug-likeness (QED) is 0.768. The lowest BCUT2D eigenvalue weighted by Gasteiger charge is -2.22. The van der Waals surface area contributed by atoms with Gasteiger partial charge >= 0.3 is 6.18 Å². The molecule has 2 aliphatic rings. The number of hydrazine groups is 1. The summed E-state index contributed by atoms with van der Waals surface area (Å²) in [4.78, 5) is 12.0. The lowest BCUT2D eigenvalue weighted by molar-refractivity contribution is -0.140. The summed E-state index contributed by atoms with van der Waals surface area (Å²) in [5.74, 6) is -0.124. The molecular formula is C14H16F3N3O3. The van der Waals surface area contributed by atoms with E-state index in [1.807, 2.05) is 5.32 Å². The second-order valence-corrected chi connectivity index (χ2v) is 5.35. The Labute approximate surface area is 130 Å². The third kappa shape index (κ3) is 3.67. The molecule has 23 heavy (non-hydrogen) atoms.